The van der Waals surface area contributed by atoms with E-state index in [0.29, 0.717) is 0 Å². The quantitative estimate of drug-likeness (QED) is 0.639. The van der Waals surface area contributed by atoms with E-state index in [4.69, 9.17) is 5.73 Å². The van der Waals surface area contributed by atoms with E-state index in [0.717, 1.165) is 18.5 Å². The van der Waals surface area contributed by atoms with Crippen LogP contribution in [0.2, 0.25) is 0 Å². The molecule has 0 saturated heterocycles. The van der Waals surface area contributed by atoms with Crippen molar-refractivity contribution in [2.24, 2.45) is 5.73 Å². The molecule has 0 aliphatic heterocycles. The van der Waals surface area contributed by atoms with Gasteiger partial charge in [-0.3, -0.25) is 0 Å². The topological polar surface area (TPSA) is 43.8 Å². The third-order valence-electron chi connectivity index (χ3n) is 3.71. The Bertz CT molecular complexity index is 344. The molecule has 1 rings (SSSR count). The summed E-state index contributed by atoms with van der Waals surface area (Å²) >= 11 is 0. The van der Waals surface area contributed by atoms with Crippen LogP contribution in [0.3, 0.4) is 0 Å². The van der Waals surface area contributed by atoms with E-state index in [1.807, 2.05) is 6.92 Å². The first-order valence-corrected chi connectivity index (χ1v) is 7.99. The highest BCUT2D eigenvalue weighted by molar-refractivity contribution is 5.03. The maximum absolute atomic E-state index is 6.12. The van der Waals surface area contributed by atoms with Crippen LogP contribution in [0.4, 0.5) is 0 Å². The van der Waals surface area contributed by atoms with Crippen LogP contribution in [0.25, 0.3) is 0 Å². The van der Waals surface area contributed by atoms with Crippen LogP contribution in [0.5, 0.6) is 0 Å². The largest absolute Gasteiger partial charge is 0.319 e. The minimum atomic E-state index is 0.0840. The van der Waals surface area contributed by atoms with Crippen LogP contribution in [-0.4, -0.2) is 9.55 Å². The second-order valence-corrected chi connectivity index (χ2v) is 5.55. The SMILES string of the molecule is CCCCCCCCCc1nc(C)cn1C(N)CC. The summed E-state index contributed by atoms with van der Waals surface area (Å²) in [4.78, 5) is 4.61. The fourth-order valence-corrected chi connectivity index (χ4v) is 2.48. The van der Waals surface area contributed by atoms with E-state index in [1.165, 1.54) is 50.8 Å². The monoisotopic (exact) mass is 265 g/mol. The number of hydrogen-bond acceptors (Lipinski definition) is 2. The summed E-state index contributed by atoms with van der Waals surface area (Å²) in [5, 5.41) is 0. The molecule has 3 nitrogen and oxygen atoms in total. The molecule has 2 N–H and O–H groups in total. The van der Waals surface area contributed by atoms with Gasteiger partial charge >= 0.3 is 0 Å². The molecule has 0 fully saturated rings. The van der Waals surface area contributed by atoms with Crippen LogP contribution in [0.15, 0.2) is 6.20 Å². The lowest BCUT2D eigenvalue weighted by Gasteiger charge is -2.14. The smallest absolute Gasteiger partial charge is 0.110 e. The molecular formula is C16H31N3. The predicted molar refractivity (Wildman–Crippen MR) is 82.2 cm³/mol. The van der Waals surface area contributed by atoms with Gasteiger partial charge in [-0.1, -0.05) is 52.4 Å². The Hall–Kier alpha value is -0.830. The molecule has 0 saturated carbocycles. The van der Waals surface area contributed by atoms with Gasteiger partial charge in [0.25, 0.3) is 0 Å². The number of nitrogens with zero attached hydrogens (tertiary/aromatic N) is 2. The number of aryl methyl sites for hydroxylation is 2. The second kappa shape index (κ2) is 9.13. The minimum Gasteiger partial charge on any atom is -0.319 e. The molecular weight excluding hydrogens is 234 g/mol. The Morgan fingerprint density at radius 2 is 1.74 bits per heavy atom. The van der Waals surface area contributed by atoms with Crippen molar-refractivity contribution in [2.45, 2.75) is 84.7 Å². The highest BCUT2D eigenvalue weighted by atomic mass is 15.2. The maximum Gasteiger partial charge on any atom is 0.110 e. The van der Waals surface area contributed by atoms with Crippen LogP contribution in [0, 0.1) is 6.92 Å². The average Bonchev–Trinajstić information content (AvgIpc) is 2.78. The van der Waals surface area contributed by atoms with Gasteiger partial charge in [-0.2, -0.15) is 0 Å². The number of nitrogens with two attached hydrogens (primary N) is 1. The molecule has 1 atom stereocenters. The first-order valence-electron chi connectivity index (χ1n) is 7.99. The molecule has 0 aromatic carbocycles. The van der Waals surface area contributed by atoms with Crippen molar-refractivity contribution in [2.75, 3.05) is 0 Å². The second-order valence-electron chi connectivity index (χ2n) is 5.55. The minimum absolute atomic E-state index is 0.0840. The number of unbranched alkanes of at least 4 members (excludes halogenated alkanes) is 6. The standard InChI is InChI=1S/C16H31N3/c1-4-6-7-8-9-10-11-12-16-18-14(3)13-19(16)15(17)5-2/h13,15H,4-12,17H2,1-3H3. The Morgan fingerprint density at radius 3 is 2.37 bits per heavy atom. The van der Waals surface area contributed by atoms with E-state index in [-0.39, 0.29) is 6.17 Å². The zero-order chi connectivity index (χ0) is 14.1. The van der Waals surface area contributed by atoms with Crippen molar-refractivity contribution < 1.29 is 0 Å². The van der Waals surface area contributed by atoms with Crippen molar-refractivity contribution >= 4 is 0 Å². The summed E-state index contributed by atoms with van der Waals surface area (Å²) in [7, 11) is 0. The molecule has 110 valence electrons. The Labute approximate surface area is 118 Å². The average molecular weight is 265 g/mol. The van der Waals surface area contributed by atoms with Crippen LogP contribution in [0.1, 0.15) is 82.9 Å². The molecule has 1 unspecified atom stereocenters. The Kier molecular flexibility index (Phi) is 7.80. The van der Waals surface area contributed by atoms with Gasteiger partial charge in [0.05, 0.1) is 11.9 Å². The molecule has 0 amide bonds. The van der Waals surface area contributed by atoms with Gasteiger partial charge in [0.1, 0.15) is 5.82 Å². The fraction of sp³-hybridized carbons (Fsp3) is 0.812. The number of aromatic nitrogens is 2. The van der Waals surface area contributed by atoms with Crippen LogP contribution >= 0.6 is 0 Å². The number of hydrogen-bond donors (Lipinski definition) is 1. The summed E-state index contributed by atoms with van der Waals surface area (Å²) in [5.41, 5.74) is 7.20. The van der Waals surface area contributed by atoms with E-state index >= 15 is 0 Å². The van der Waals surface area contributed by atoms with Gasteiger partial charge in [0, 0.05) is 12.6 Å². The molecule has 0 aliphatic carbocycles. The molecule has 1 aromatic rings. The molecule has 0 bridgehead atoms. The summed E-state index contributed by atoms with van der Waals surface area (Å²) < 4.78 is 2.16. The lowest BCUT2D eigenvalue weighted by Crippen LogP contribution is -2.19. The summed E-state index contributed by atoms with van der Waals surface area (Å²) in [6.45, 7) is 6.43. The van der Waals surface area contributed by atoms with Gasteiger partial charge in [0.15, 0.2) is 0 Å². The molecule has 1 heterocycles. The molecule has 0 aliphatic rings. The van der Waals surface area contributed by atoms with Crippen molar-refractivity contribution in [1.82, 2.24) is 9.55 Å². The summed E-state index contributed by atoms with van der Waals surface area (Å²) in [6, 6.07) is 0. The van der Waals surface area contributed by atoms with Crippen molar-refractivity contribution in [1.29, 1.82) is 0 Å². The van der Waals surface area contributed by atoms with Crippen LogP contribution in [-0.2, 0) is 6.42 Å². The van der Waals surface area contributed by atoms with Gasteiger partial charge in [-0.05, 0) is 19.8 Å². The third-order valence-corrected chi connectivity index (χ3v) is 3.71. The van der Waals surface area contributed by atoms with E-state index in [2.05, 4.69) is 29.6 Å². The van der Waals surface area contributed by atoms with E-state index in [1.54, 1.807) is 0 Å². The summed E-state index contributed by atoms with van der Waals surface area (Å²) in [5.74, 6) is 1.17. The predicted octanol–water partition coefficient (Wildman–Crippen LogP) is 4.35. The Balaban J connectivity index is 2.29. The van der Waals surface area contributed by atoms with Crippen molar-refractivity contribution in [3.63, 3.8) is 0 Å². The van der Waals surface area contributed by atoms with Gasteiger partial charge in [-0.25, -0.2) is 4.98 Å². The first kappa shape index (κ1) is 16.2. The van der Waals surface area contributed by atoms with Gasteiger partial charge < -0.3 is 10.3 Å². The zero-order valence-corrected chi connectivity index (χ0v) is 13.0. The Morgan fingerprint density at radius 1 is 1.11 bits per heavy atom. The van der Waals surface area contributed by atoms with Crippen LogP contribution < -0.4 is 5.73 Å². The number of rotatable bonds is 10. The maximum atomic E-state index is 6.12. The molecule has 0 spiro atoms. The molecule has 1 aromatic heterocycles. The normalized spacial score (nSPS) is 12.8. The fourth-order valence-electron chi connectivity index (χ4n) is 2.48. The molecule has 0 radical (unpaired) electrons. The van der Waals surface area contributed by atoms with E-state index in [9.17, 15) is 0 Å². The summed E-state index contributed by atoms with van der Waals surface area (Å²) in [6.07, 6.45) is 13.6. The lowest BCUT2D eigenvalue weighted by atomic mass is 10.1. The van der Waals surface area contributed by atoms with Crippen molar-refractivity contribution in [3.05, 3.63) is 17.7 Å². The van der Waals surface area contributed by atoms with Gasteiger partial charge in [0.2, 0.25) is 0 Å². The number of imidazole rings is 1. The zero-order valence-electron chi connectivity index (χ0n) is 13.0. The lowest BCUT2D eigenvalue weighted by molar-refractivity contribution is 0.478. The first-order chi connectivity index (χ1) is 9.19. The van der Waals surface area contributed by atoms with Crippen molar-refractivity contribution in [3.8, 4) is 0 Å². The molecule has 19 heavy (non-hydrogen) atoms. The molecule has 3 heteroatoms. The van der Waals surface area contributed by atoms with E-state index < -0.39 is 0 Å². The highest BCUT2D eigenvalue weighted by Crippen LogP contribution is 2.14. The third kappa shape index (κ3) is 5.77. The van der Waals surface area contributed by atoms with Gasteiger partial charge in [-0.15, -0.1) is 0 Å². The highest BCUT2D eigenvalue weighted by Gasteiger charge is 2.10.